The van der Waals surface area contributed by atoms with E-state index in [-0.39, 0.29) is 11.9 Å². The number of hydrogen-bond donors (Lipinski definition) is 2. The predicted octanol–water partition coefficient (Wildman–Crippen LogP) is 5.46. The molecule has 2 aromatic carbocycles. The van der Waals surface area contributed by atoms with Crippen molar-refractivity contribution in [3.8, 4) is 16.9 Å². The molecule has 1 amide bonds. The number of carbonyl (C=O) groups excluding carboxylic acids is 1. The third-order valence-corrected chi connectivity index (χ3v) is 7.07. The van der Waals surface area contributed by atoms with E-state index in [1.165, 1.54) is 0 Å². The standard InChI is InChI=1S/C30H34N6O/c1-21-26(20-27(22-10-6-4-7-11-22)36(21)25-12-8-5-9-13-25)29(37)32-23-14-16-24(17-15-23)33-30-31-19-18-28(34-30)35(2)3/h4-13,18-20,23-24H,14-17H2,1-3H3,(H,32,37)(H,31,33,34). The first-order chi connectivity index (χ1) is 18.0. The van der Waals surface area contributed by atoms with Crippen molar-refractivity contribution in [2.45, 2.75) is 44.7 Å². The lowest BCUT2D eigenvalue weighted by Crippen LogP contribution is -2.40. The molecular formula is C30H34N6O. The minimum absolute atomic E-state index is 0.0113. The first-order valence-corrected chi connectivity index (χ1v) is 12.9. The highest BCUT2D eigenvalue weighted by Crippen LogP contribution is 2.30. The number of benzene rings is 2. The molecule has 0 atom stereocenters. The van der Waals surface area contributed by atoms with Gasteiger partial charge in [0, 0.05) is 43.8 Å². The molecule has 1 aliphatic carbocycles. The molecule has 4 aromatic rings. The molecule has 1 aliphatic rings. The molecule has 37 heavy (non-hydrogen) atoms. The smallest absolute Gasteiger partial charge is 0.253 e. The van der Waals surface area contributed by atoms with E-state index >= 15 is 0 Å². The molecule has 190 valence electrons. The fraction of sp³-hybridized carbons (Fsp3) is 0.300. The van der Waals surface area contributed by atoms with Crippen molar-refractivity contribution in [1.29, 1.82) is 0 Å². The highest BCUT2D eigenvalue weighted by Gasteiger charge is 2.26. The van der Waals surface area contributed by atoms with Gasteiger partial charge in [-0.15, -0.1) is 0 Å². The lowest BCUT2D eigenvalue weighted by molar-refractivity contribution is 0.0926. The van der Waals surface area contributed by atoms with Gasteiger partial charge >= 0.3 is 0 Å². The van der Waals surface area contributed by atoms with Crippen LogP contribution in [0.2, 0.25) is 0 Å². The second-order valence-electron chi connectivity index (χ2n) is 9.86. The van der Waals surface area contributed by atoms with Gasteiger partial charge < -0.3 is 20.1 Å². The molecule has 5 rings (SSSR count). The minimum Gasteiger partial charge on any atom is -0.363 e. The van der Waals surface area contributed by atoms with Crippen molar-refractivity contribution in [2.75, 3.05) is 24.3 Å². The van der Waals surface area contributed by atoms with Gasteiger partial charge in [0.2, 0.25) is 5.95 Å². The van der Waals surface area contributed by atoms with Gasteiger partial charge in [0.25, 0.3) is 5.91 Å². The zero-order valence-electron chi connectivity index (χ0n) is 21.7. The summed E-state index contributed by atoms with van der Waals surface area (Å²) in [5.74, 6) is 1.53. The SMILES string of the molecule is Cc1c(C(=O)NC2CCC(Nc3nccc(N(C)C)n3)CC2)cc(-c2ccccc2)n1-c1ccccc1. The quantitative estimate of drug-likeness (QED) is 0.357. The first kappa shape index (κ1) is 24.6. The Morgan fingerprint density at radius 3 is 2.24 bits per heavy atom. The number of aromatic nitrogens is 3. The van der Waals surface area contributed by atoms with Crippen molar-refractivity contribution in [3.05, 3.63) is 90.3 Å². The molecule has 2 heterocycles. The molecule has 2 aromatic heterocycles. The van der Waals surface area contributed by atoms with Crippen LogP contribution in [0.3, 0.4) is 0 Å². The fourth-order valence-electron chi connectivity index (χ4n) is 5.06. The van der Waals surface area contributed by atoms with Crippen LogP contribution in [-0.2, 0) is 0 Å². The Labute approximate surface area is 218 Å². The van der Waals surface area contributed by atoms with Crippen LogP contribution < -0.4 is 15.5 Å². The van der Waals surface area contributed by atoms with E-state index in [1.807, 2.05) is 74.4 Å². The van der Waals surface area contributed by atoms with Crippen LogP contribution in [0.4, 0.5) is 11.8 Å². The summed E-state index contributed by atoms with van der Waals surface area (Å²) in [4.78, 5) is 24.4. The number of anilines is 2. The summed E-state index contributed by atoms with van der Waals surface area (Å²) in [6, 6.07) is 24.8. The lowest BCUT2D eigenvalue weighted by atomic mass is 9.91. The van der Waals surface area contributed by atoms with Gasteiger partial charge in [-0.05, 0) is 62.4 Å². The third kappa shape index (κ3) is 5.50. The third-order valence-electron chi connectivity index (χ3n) is 7.07. The van der Waals surface area contributed by atoms with Crippen LogP contribution in [0.15, 0.2) is 79.0 Å². The zero-order valence-corrected chi connectivity index (χ0v) is 21.7. The maximum absolute atomic E-state index is 13.5. The molecule has 1 saturated carbocycles. The molecule has 0 unspecified atom stereocenters. The van der Waals surface area contributed by atoms with Crippen molar-refractivity contribution < 1.29 is 4.79 Å². The Morgan fingerprint density at radius 2 is 1.57 bits per heavy atom. The Balaban J connectivity index is 1.28. The predicted molar refractivity (Wildman–Crippen MR) is 149 cm³/mol. The lowest BCUT2D eigenvalue weighted by Gasteiger charge is -2.29. The molecule has 0 spiro atoms. The van der Waals surface area contributed by atoms with Gasteiger partial charge in [0.05, 0.1) is 11.3 Å². The fourth-order valence-corrected chi connectivity index (χ4v) is 5.06. The molecular weight excluding hydrogens is 460 g/mol. The molecule has 7 heteroatoms. The van der Waals surface area contributed by atoms with Crippen LogP contribution >= 0.6 is 0 Å². The van der Waals surface area contributed by atoms with Gasteiger partial charge in [-0.3, -0.25) is 4.79 Å². The van der Waals surface area contributed by atoms with Gasteiger partial charge in [0.15, 0.2) is 0 Å². The van der Waals surface area contributed by atoms with E-state index in [4.69, 9.17) is 0 Å². The van der Waals surface area contributed by atoms with E-state index in [9.17, 15) is 4.79 Å². The molecule has 0 radical (unpaired) electrons. The summed E-state index contributed by atoms with van der Waals surface area (Å²) in [7, 11) is 3.94. The number of rotatable bonds is 7. The number of para-hydroxylation sites is 1. The number of hydrogen-bond acceptors (Lipinski definition) is 5. The number of nitrogens with one attached hydrogen (secondary N) is 2. The summed E-state index contributed by atoms with van der Waals surface area (Å²) in [6.07, 6.45) is 5.53. The largest absolute Gasteiger partial charge is 0.363 e. The van der Waals surface area contributed by atoms with Crippen LogP contribution in [0.1, 0.15) is 41.7 Å². The highest BCUT2D eigenvalue weighted by molar-refractivity contribution is 5.97. The Bertz CT molecular complexity index is 1340. The second kappa shape index (κ2) is 10.9. The Morgan fingerprint density at radius 1 is 0.919 bits per heavy atom. The van der Waals surface area contributed by atoms with Crippen molar-refractivity contribution in [3.63, 3.8) is 0 Å². The molecule has 7 nitrogen and oxygen atoms in total. The maximum Gasteiger partial charge on any atom is 0.253 e. The topological polar surface area (TPSA) is 75.1 Å². The van der Waals surface area contributed by atoms with Gasteiger partial charge in [0.1, 0.15) is 5.82 Å². The normalized spacial score (nSPS) is 17.3. The zero-order chi connectivity index (χ0) is 25.8. The van der Waals surface area contributed by atoms with Gasteiger partial charge in [-0.2, -0.15) is 4.98 Å². The summed E-state index contributed by atoms with van der Waals surface area (Å²) in [6.45, 7) is 2.02. The average Bonchev–Trinajstić information content (AvgIpc) is 3.28. The van der Waals surface area contributed by atoms with Crippen molar-refractivity contribution in [1.82, 2.24) is 19.9 Å². The van der Waals surface area contributed by atoms with E-state index in [0.717, 1.165) is 59.7 Å². The minimum atomic E-state index is -0.0113. The van der Waals surface area contributed by atoms with Crippen LogP contribution in [0.25, 0.3) is 16.9 Å². The van der Waals surface area contributed by atoms with Gasteiger partial charge in [-0.25, -0.2) is 4.98 Å². The van der Waals surface area contributed by atoms with E-state index in [1.54, 1.807) is 6.20 Å². The Hall–Kier alpha value is -4.13. The van der Waals surface area contributed by atoms with Crippen molar-refractivity contribution >= 4 is 17.7 Å². The monoisotopic (exact) mass is 494 g/mol. The maximum atomic E-state index is 13.5. The number of nitrogens with zero attached hydrogens (tertiary/aromatic N) is 4. The summed E-state index contributed by atoms with van der Waals surface area (Å²) >= 11 is 0. The average molecular weight is 495 g/mol. The number of carbonyl (C=O) groups is 1. The Kier molecular flexibility index (Phi) is 7.21. The van der Waals surface area contributed by atoms with E-state index < -0.39 is 0 Å². The van der Waals surface area contributed by atoms with Gasteiger partial charge in [-0.1, -0.05) is 48.5 Å². The summed E-state index contributed by atoms with van der Waals surface area (Å²) in [5, 5.41) is 6.78. The van der Waals surface area contributed by atoms with Crippen LogP contribution in [0, 0.1) is 6.92 Å². The summed E-state index contributed by atoms with van der Waals surface area (Å²) in [5.41, 5.74) is 4.81. The number of amides is 1. The molecule has 0 aliphatic heterocycles. The van der Waals surface area contributed by atoms with Crippen LogP contribution in [0.5, 0.6) is 0 Å². The second-order valence-corrected chi connectivity index (χ2v) is 9.86. The molecule has 2 N–H and O–H groups in total. The van der Waals surface area contributed by atoms with E-state index in [0.29, 0.717) is 12.0 Å². The van der Waals surface area contributed by atoms with E-state index in [2.05, 4.69) is 49.4 Å². The van der Waals surface area contributed by atoms with Crippen molar-refractivity contribution in [2.24, 2.45) is 0 Å². The first-order valence-electron chi connectivity index (χ1n) is 12.9. The summed E-state index contributed by atoms with van der Waals surface area (Å²) < 4.78 is 2.17. The van der Waals surface area contributed by atoms with Crippen LogP contribution in [-0.4, -0.2) is 46.6 Å². The molecule has 0 saturated heterocycles. The highest BCUT2D eigenvalue weighted by atomic mass is 16.1. The molecule has 0 bridgehead atoms. The molecule has 1 fully saturated rings.